The standard InChI is InChI=1S/C30H24F6N2O4S/c31-29(32,33)21-7-5-20(6-8-21)28(42-26-37-23-10-9-22(30(34,35)36)15-24(23)43-26)11-13-38(14-12-28)25(39)18-1-3-19(4-2-18)27(40)16-41-17-27/h1-10,15,40H,11-14,16-17H2. The number of nitrogens with zero attached hydrogens (tertiary/aromatic N) is 2. The molecular formula is C30H24F6N2O4S. The molecule has 1 amide bonds. The number of fused-ring (bicyclic) bond motifs is 1. The van der Waals surface area contributed by atoms with Crippen molar-refractivity contribution in [1.82, 2.24) is 9.88 Å². The Morgan fingerprint density at radius 3 is 2.00 bits per heavy atom. The van der Waals surface area contributed by atoms with E-state index in [1.54, 1.807) is 29.2 Å². The fraction of sp³-hybridized carbons (Fsp3) is 0.333. The normalized spacial score (nSPS) is 18.3. The number of amides is 1. The van der Waals surface area contributed by atoms with Crippen LogP contribution in [0.25, 0.3) is 10.2 Å². The molecule has 1 N–H and O–H groups in total. The zero-order valence-electron chi connectivity index (χ0n) is 22.3. The predicted molar refractivity (Wildman–Crippen MR) is 145 cm³/mol. The van der Waals surface area contributed by atoms with Crippen LogP contribution in [0.4, 0.5) is 26.3 Å². The van der Waals surface area contributed by atoms with Crippen LogP contribution in [0.15, 0.2) is 66.7 Å². The second-order valence-corrected chi connectivity index (χ2v) is 11.7. The van der Waals surface area contributed by atoms with Crippen LogP contribution in [-0.4, -0.2) is 47.2 Å². The summed E-state index contributed by atoms with van der Waals surface area (Å²) in [5.41, 5.74) is -2.14. The molecule has 2 aliphatic heterocycles. The second kappa shape index (κ2) is 10.5. The Bertz CT molecular complexity index is 1640. The monoisotopic (exact) mass is 622 g/mol. The number of halogens is 6. The van der Waals surface area contributed by atoms with E-state index >= 15 is 0 Å². The van der Waals surface area contributed by atoms with Crippen LogP contribution in [0, 0.1) is 0 Å². The molecule has 1 aromatic heterocycles. The van der Waals surface area contributed by atoms with E-state index in [2.05, 4.69) is 4.98 Å². The third kappa shape index (κ3) is 5.68. The van der Waals surface area contributed by atoms with Crippen molar-refractivity contribution in [3.8, 4) is 5.19 Å². The highest BCUT2D eigenvalue weighted by Gasteiger charge is 2.42. The van der Waals surface area contributed by atoms with E-state index in [-0.39, 0.29) is 54.9 Å². The number of alkyl halides is 6. The molecule has 0 atom stereocenters. The summed E-state index contributed by atoms with van der Waals surface area (Å²) in [6.45, 7) is 0.748. The van der Waals surface area contributed by atoms with Gasteiger partial charge in [-0.05, 0) is 53.6 Å². The lowest BCUT2D eigenvalue weighted by Gasteiger charge is -2.41. The number of carbonyl (C=O) groups excluding carboxylic acids is 1. The maximum Gasteiger partial charge on any atom is 0.416 e. The summed E-state index contributed by atoms with van der Waals surface area (Å²) in [5.74, 6) is -0.260. The van der Waals surface area contributed by atoms with Crippen molar-refractivity contribution in [2.75, 3.05) is 26.3 Å². The molecule has 0 saturated carbocycles. The van der Waals surface area contributed by atoms with Gasteiger partial charge >= 0.3 is 12.4 Å². The SMILES string of the molecule is O=C(c1ccc(C2(O)COC2)cc1)N1CCC(Oc2nc3ccc(C(F)(F)F)cc3s2)(c2ccc(C(F)(F)F)cc2)CC1. The highest BCUT2D eigenvalue weighted by molar-refractivity contribution is 7.20. The molecule has 2 fully saturated rings. The lowest BCUT2D eigenvalue weighted by atomic mass is 9.83. The number of ether oxygens (including phenoxy) is 2. The second-order valence-electron chi connectivity index (χ2n) is 10.7. The Balaban J connectivity index is 1.26. The van der Waals surface area contributed by atoms with Crippen LogP contribution >= 0.6 is 11.3 Å². The third-order valence-electron chi connectivity index (χ3n) is 7.93. The van der Waals surface area contributed by atoms with Gasteiger partial charge in [-0.1, -0.05) is 35.6 Å². The van der Waals surface area contributed by atoms with E-state index in [1.807, 2.05) is 0 Å². The maximum atomic E-state index is 13.3. The predicted octanol–water partition coefficient (Wildman–Crippen LogP) is 6.76. The van der Waals surface area contributed by atoms with Crippen molar-refractivity contribution >= 4 is 27.5 Å². The molecule has 3 heterocycles. The average molecular weight is 623 g/mol. The summed E-state index contributed by atoms with van der Waals surface area (Å²) in [7, 11) is 0. The van der Waals surface area contributed by atoms with Crippen molar-refractivity contribution in [3.05, 3.63) is 94.5 Å². The first-order valence-electron chi connectivity index (χ1n) is 13.3. The quantitative estimate of drug-likeness (QED) is 0.249. The molecular weight excluding hydrogens is 598 g/mol. The first-order valence-corrected chi connectivity index (χ1v) is 14.1. The summed E-state index contributed by atoms with van der Waals surface area (Å²) in [6, 6.07) is 14.3. The molecule has 0 aliphatic carbocycles. The molecule has 0 unspecified atom stereocenters. The summed E-state index contributed by atoms with van der Waals surface area (Å²) in [4.78, 5) is 19.3. The Morgan fingerprint density at radius 2 is 1.44 bits per heavy atom. The topological polar surface area (TPSA) is 71.9 Å². The first kappa shape index (κ1) is 29.4. The highest BCUT2D eigenvalue weighted by atomic mass is 32.1. The van der Waals surface area contributed by atoms with Crippen molar-refractivity contribution in [3.63, 3.8) is 0 Å². The molecule has 2 aliphatic rings. The van der Waals surface area contributed by atoms with Crippen LogP contribution in [-0.2, 0) is 28.3 Å². The molecule has 0 spiro atoms. The van der Waals surface area contributed by atoms with Gasteiger partial charge in [-0.2, -0.15) is 26.3 Å². The van der Waals surface area contributed by atoms with E-state index in [1.165, 1.54) is 18.2 Å². The first-order chi connectivity index (χ1) is 20.3. The lowest BCUT2D eigenvalue weighted by Crippen LogP contribution is -2.48. The fourth-order valence-electron chi connectivity index (χ4n) is 5.34. The van der Waals surface area contributed by atoms with E-state index < -0.39 is 34.7 Å². The van der Waals surface area contributed by atoms with Gasteiger partial charge in [0.25, 0.3) is 11.1 Å². The van der Waals surface area contributed by atoms with E-state index in [0.717, 1.165) is 35.6 Å². The Morgan fingerprint density at radius 1 is 0.860 bits per heavy atom. The molecule has 4 aromatic rings. The van der Waals surface area contributed by atoms with Crippen molar-refractivity contribution in [2.24, 2.45) is 0 Å². The van der Waals surface area contributed by atoms with Crippen molar-refractivity contribution in [1.29, 1.82) is 0 Å². The Labute approximate surface area is 245 Å². The van der Waals surface area contributed by atoms with Gasteiger partial charge in [0, 0.05) is 31.5 Å². The molecule has 226 valence electrons. The van der Waals surface area contributed by atoms with Gasteiger partial charge in [0.2, 0.25) is 0 Å². The Kier molecular flexibility index (Phi) is 7.17. The van der Waals surface area contributed by atoms with Crippen LogP contribution in [0.2, 0.25) is 0 Å². The number of thiazole rings is 1. The number of carbonyl (C=O) groups is 1. The summed E-state index contributed by atoms with van der Waals surface area (Å²) in [6.07, 6.45) is -8.68. The minimum Gasteiger partial charge on any atom is -0.458 e. The van der Waals surface area contributed by atoms with Gasteiger partial charge in [0.15, 0.2) is 0 Å². The molecule has 43 heavy (non-hydrogen) atoms. The minimum absolute atomic E-state index is 0.0718. The number of piperidine rings is 1. The van der Waals surface area contributed by atoms with Gasteiger partial charge in [-0.15, -0.1) is 0 Å². The van der Waals surface area contributed by atoms with E-state index in [0.29, 0.717) is 22.2 Å². The number of hydrogen-bond acceptors (Lipinski definition) is 6. The van der Waals surface area contributed by atoms with Gasteiger partial charge in [0.05, 0.1) is 34.6 Å². The summed E-state index contributed by atoms with van der Waals surface area (Å²) in [5, 5.41) is 10.5. The molecule has 13 heteroatoms. The lowest BCUT2D eigenvalue weighted by molar-refractivity contribution is -0.184. The minimum atomic E-state index is -4.54. The van der Waals surface area contributed by atoms with Crippen LogP contribution in [0.1, 0.15) is 45.5 Å². The summed E-state index contributed by atoms with van der Waals surface area (Å²) < 4.78 is 91.2. The van der Waals surface area contributed by atoms with Gasteiger partial charge in [-0.3, -0.25) is 4.79 Å². The molecule has 0 bridgehead atoms. The molecule has 0 radical (unpaired) electrons. The zero-order chi connectivity index (χ0) is 30.6. The van der Waals surface area contributed by atoms with Gasteiger partial charge in [0.1, 0.15) is 11.2 Å². The smallest absolute Gasteiger partial charge is 0.416 e. The van der Waals surface area contributed by atoms with Crippen molar-refractivity contribution in [2.45, 2.75) is 36.4 Å². The molecule has 6 rings (SSSR count). The maximum absolute atomic E-state index is 13.3. The number of hydrogen-bond donors (Lipinski definition) is 1. The highest BCUT2D eigenvalue weighted by Crippen LogP contribution is 2.43. The van der Waals surface area contributed by atoms with Gasteiger partial charge in [-0.25, -0.2) is 4.98 Å². The van der Waals surface area contributed by atoms with Crippen LogP contribution in [0.3, 0.4) is 0 Å². The van der Waals surface area contributed by atoms with Crippen molar-refractivity contribution < 1.29 is 45.7 Å². The Hall–Kier alpha value is -3.68. The number of benzene rings is 3. The number of aliphatic hydroxyl groups is 1. The largest absolute Gasteiger partial charge is 0.458 e. The van der Waals surface area contributed by atoms with Crippen LogP contribution < -0.4 is 4.74 Å². The average Bonchev–Trinajstić information content (AvgIpc) is 3.36. The summed E-state index contributed by atoms with van der Waals surface area (Å²) >= 11 is 0.912. The molecule has 2 saturated heterocycles. The molecule has 3 aromatic carbocycles. The number of likely N-dealkylation sites (tertiary alicyclic amines) is 1. The van der Waals surface area contributed by atoms with E-state index in [9.17, 15) is 36.2 Å². The van der Waals surface area contributed by atoms with E-state index in [4.69, 9.17) is 9.47 Å². The zero-order valence-corrected chi connectivity index (χ0v) is 23.2. The number of rotatable bonds is 5. The fourth-order valence-corrected chi connectivity index (χ4v) is 6.28. The molecule has 6 nitrogen and oxygen atoms in total. The third-order valence-corrected chi connectivity index (χ3v) is 8.82. The van der Waals surface area contributed by atoms with Gasteiger partial charge < -0.3 is 19.5 Å². The van der Waals surface area contributed by atoms with Crippen LogP contribution in [0.5, 0.6) is 5.19 Å². The number of aromatic nitrogens is 1.